The van der Waals surface area contributed by atoms with E-state index in [-0.39, 0.29) is 23.6 Å². The van der Waals surface area contributed by atoms with E-state index in [0.717, 1.165) is 38.4 Å². The van der Waals surface area contributed by atoms with Crippen molar-refractivity contribution in [1.82, 2.24) is 24.8 Å². The minimum Gasteiger partial charge on any atom is -0.442 e. The molecule has 11 nitrogen and oxygen atoms in total. The highest BCUT2D eigenvalue weighted by atomic mass is 35.5. The number of nitrogens with two attached hydrogens (primary N) is 1. The highest BCUT2D eigenvalue weighted by Gasteiger charge is 2.44. The summed E-state index contributed by atoms with van der Waals surface area (Å²) in [5.41, 5.74) is 6.58. The third kappa shape index (κ3) is 4.63. The molecule has 13 heteroatoms. The zero-order valence-corrected chi connectivity index (χ0v) is 21.5. The third-order valence-corrected chi connectivity index (χ3v) is 8.91. The first kappa shape index (κ1) is 24.4. The minimum atomic E-state index is -0.493. The molecule has 0 bridgehead atoms. The third-order valence-electron chi connectivity index (χ3n) is 7.43. The number of benzene rings is 1. The zero-order valence-electron chi connectivity index (χ0n) is 19.9. The highest BCUT2D eigenvalue weighted by Crippen LogP contribution is 2.40. The van der Waals surface area contributed by atoms with Gasteiger partial charge in [0.15, 0.2) is 0 Å². The van der Waals surface area contributed by atoms with Crippen LogP contribution in [-0.2, 0) is 16.0 Å². The summed E-state index contributed by atoms with van der Waals surface area (Å²) in [6, 6.07) is 3.68. The fourth-order valence-electron chi connectivity index (χ4n) is 5.15. The first-order valence-electron chi connectivity index (χ1n) is 12.1. The van der Waals surface area contributed by atoms with Crippen molar-refractivity contribution in [3.63, 3.8) is 0 Å². The molecule has 3 aliphatic rings. The van der Waals surface area contributed by atoms with Crippen LogP contribution in [0.4, 0.5) is 10.6 Å². The number of piperidine rings is 1. The molecule has 0 saturated carbocycles. The topological polar surface area (TPSA) is 137 Å². The summed E-state index contributed by atoms with van der Waals surface area (Å²) in [7, 11) is 0. The summed E-state index contributed by atoms with van der Waals surface area (Å²) < 4.78 is 12.2. The number of cyclic esters (lactones) is 1. The van der Waals surface area contributed by atoms with E-state index in [1.54, 1.807) is 18.5 Å². The molecule has 37 heavy (non-hydrogen) atoms. The summed E-state index contributed by atoms with van der Waals surface area (Å²) in [6.07, 6.45) is 5.95. The Hall–Kier alpha value is -2.93. The van der Waals surface area contributed by atoms with Gasteiger partial charge in [-0.3, -0.25) is 9.36 Å². The van der Waals surface area contributed by atoms with Gasteiger partial charge in [-0.05, 0) is 25.0 Å². The van der Waals surface area contributed by atoms with Gasteiger partial charge in [-0.1, -0.05) is 23.4 Å². The largest absolute Gasteiger partial charge is 0.442 e. The van der Waals surface area contributed by atoms with Crippen LogP contribution in [0.15, 0.2) is 45.6 Å². The molecule has 0 radical (unpaired) electrons. The van der Waals surface area contributed by atoms with E-state index in [0.29, 0.717) is 39.0 Å². The number of nitrogens with zero attached hydrogens (tertiary/aromatic N) is 5. The summed E-state index contributed by atoms with van der Waals surface area (Å²) in [5.74, 6) is 0.825. The predicted molar refractivity (Wildman–Crippen MR) is 138 cm³/mol. The molecule has 3 N–H and O–H groups in total. The SMILES string of the molecule is N[C@@H]1COCC12CCN(c1cnc(Sc3ccc4ncn(CC5CNC(=O)O5)c(=O)c4c3Cl)cn1)CC2. The van der Waals surface area contributed by atoms with Gasteiger partial charge >= 0.3 is 6.09 Å². The molecule has 6 rings (SSSR count). The number of hydrogen-bond acceptors (Lipinski definition) is 10. The second kappa shape index (κ2) is 9.75. The summed E-state index contributed by atoms with van der Waals surface area (Å²) in [5, 5.41) is 3.86. The minimum absolute atomic E-state index is 0.0818. The Labute approximate surface area is 221 Å². The number of ether oxygens (including phenoxy) is 2. The van der Waals surface area contributed by atoms with Gasteiger partial charge in [-0.25, -0.2) is 19.7 Å². The summed E-state index contributed by atoms with van der Waals surface area (Å²) in [6.45, 7) is 3.63. The number of carbonyl (C=O) groups excluding carboxylic acids is 1. The molecule has 5 heterocycles. The Morgan fingerprint density at radius 1 is 1.19 bits per heavy atom. The van der Waals surface area contributed by atoms with E-state index in [1.165, 1.54) is 22.7 Å². The number of amides is 1. The molecule has 1 spiro atoms. The summed E-state index contributed by atoms with van der Waals surface area (Å²) >= 11 is 8.02. The number of halogens is 1. The van der Waals surface area contributed by atoms with Crippen LogP contribution in [0.25, 0.3) is 10.9 Å². The maximum absolute atomic E-state index is 13.2. The Bertz CT molecular complexity index is 1390. The quantitative estimate of drug-likeness (QED) is 0.491. The maximum Gasteiger partial charge on any atom is 0.407 e. The lowest BCUT2D eigenvalue weighted by Gasteiger charge is -2.41. The number of nitrogens with one attached hydrogen (secondary N) is 1. The Balaban J connectivity index is 1.17. The molecule has 3 fully saturated rings. The molecule has 3 saturated heterocycles. The maximum atomic E-state index is 13.2. The molecule has 1 aromatic carbocycles. The number of aromatic nitrogens is 4. The van der Waals surface area contributed by atoms with Crippen LogP contribution in [0.5, 0.6) is 0 Å². The average Bonchev–Trinajstić information content (AvgIpc) is 3.48. The van der Waals surface area contributed by atoms with Crippen molar-refractivity contribution in [3.05, 3.63) is 46.2 Å². The van der Waals surface area contributed by atoms with Crippen molar-refractivity contribution in [3.8, 4) is 0 Å². The van der Waals surface area contributed by atoms with Gasteiger partial charge in [0.25, 0.3) is 5.56 Å². The number of anilines is 1. The Morgan fingerprint density at radius 2 is 2.03 bits per heavy atom. The average molecular weight is 544 g/mol. The van der Waals surface area contributed by atoms with Crippen molar-refractivity contribution in [2.75, 3.05) is 37.7 Å². The fraction of sp³-hybridized carbons (Fsp3) is 0.458. The normalized spacial score (nSPS) is 23.0. The Kier molecular flexibility index (Phi) is 6.43. The lowest BCUT2D eigenvalue weighted by molar-refractivity contribution is 0.130. The molecule has 1 unspecified atom stereocenters. The van der Waals surface area contributed by atoms with Crippen molar-refractivity contribution in [1.29, 1.82) is 0 Å². The number of hydrogen-bond donors (Lipinski definition) is 2. The van der Waals surface area contributed by atoms with Crippen LogP contribution in [0.1, 0.15) is 12.8 Å². The van der Waals surface area contributed by atoms with Crippen LogP contribution in [0.3, 0.4) is 0 Å². The predicted octanol–water partition coefficient (Wildman–Crippen LogP) is 2.04. The van der Waals surface area contributed by atoms with Crippen LogP contribution in [0.2, 0.25) is 5.02 Å². The van der Waals surface area contributed by atoms with E-state index in [1.807, 2.05) is 6.07 Å². The summed E-state index contributed by atoms with van der Waals surface area (Å²) in [4.78, 5) is 41.0. The second-order valence-electron chi connectivity index (χ2n) is 9.67. The standard InChI is InChI=1S/C24H26ClN7O4S/c25-21-16(2-1-15-20(21)22(33)32(13-30-15)10-14-7-29-23(34)36-14)37-19-9-27-18(8-28-19)31-5-3-24(4-6-31)12-35-11-17(24)26/h1-2,8-9,13-14,17H,3-7,10-12,26H2,(H,29,34)/t14?,17-/m1/s1. The second-order valence-corrected chi connectivity index (χ2v) is 11.1. The van der Waals surface area contributed by atoms with Crippen molar-refractivity contribution in [2.24, 2.45) is 11.1 Å². The smallest absolute Gasteiger partial charge is 0.407 e. The first-order valence-corrected chi connectivity index (χ1v) is 13.3. The van der Waals surface area contributed by atoms with Gasteiger partial charge in [0, 0.05) is 29.4 Å². The molecule has 3 aromatic rings. The van der Waals surface area contributed by atoms with Crippen LogP contribution < -0.4 is 21.5 Å². The van der Waals surface area contributed by atoms with E-state index < -0.39 is 12.2 Å². The molecule has 2 atom stereocenters. The lowest BCUT2D eigenvalue weighted by Crippen LogP contribution is -2.49. The molecule has 0 aliphatic carbocycles. The zero-order chi connectivity index (χ0) is 25.6. The first-order chi connectivity index (χ1) is 17.9. The number of alkyl carbamates (subject to hydrolysis) is 1. The fourth-order valence-corrected chi connectivity index (χ4v) is 6.28. The lowest BCUT2D eigenvalue weighted by atomic mass is 9.75. The van der Waals surface area contributed by atoms with Gasteiger partial charge in [0.05, 0.1) is 60.9 Å². The van der Waals surface area contributed by atoms with E-state index in [2.05, 4.69) is 25.2 Å². The van der Waals surface area contributed by atoms with Crippen molar-refractivity contribution in [2.45, 2.75) is 41.5 Å². The van der Waals surface area contributed by atoms with Gasteiger partial charge in [-0.15, -0.1) is 0 Å². The van der Waals surface area contributed by atoms with Gasteiger partial charge in [0.2, 0.25) is 0 Å². The number of rotatable bonds is 5. The molecular weight excluding hydrogens is 518 g/mol. The molecule has 194 valence electrons. The van der Waals surface area contributed by atoms with Gasteiger partial charge < -0.3 is 25.4 Å². The van der Waals surface area contributed by atoms with Crippen LogP contribution in [-0.4, -0.2) is 70.6 Å². The highest BCUT2D eigenvalue weighted by molar-refractivity contribution is 7.99. The van der Waals surface area contributed by atoms with Crippen molar-refractivity contribution < 1.29 is 14.3 Å². The van der Waals surface area contributed by atoms with Crippen LogP contribution >= 0.6 is 23.4 Å². The monoisotopic (exact) mass is 543 g/mol. The van der Waals surface area contributed by atoms with Crippen molar-refractivity contribution >= 4 is 46.2 Å². The van der Waals surface area contributed by atoms with E-state index >= 15 is 0 Å². The van der Waals surface area contributed by atoms with E-state index in [9.17, 15) is 9.59 Å². The molecular formula is C24H26ClN7O4S. The van der Waals surface area contributed by atoms with Crippen LogP contribution in [0, 0.1) is 5.41 Å². The van der Waals surface area contributed by atoms with E-state index in [4.69, 9.17) is 26.8 Å². The van der Waals surface area contributed by atoms with Gasteiger partial charge in [-0.2, -0.15) is 0 Å². The molecule has 2 aromatic heterocycles. The Morgan fingerprint density at radius 3 is 2.70 bits per heavy atom. The number of carbonyl (C=O) groups is 1. The molecule has 3 aliphatic heterocycles. The molecule has 1 amide bonds. The van der Waals surface area contributed by atoms with Gasteiger partial charge in [0.1, 0.15) is 16.9 Å². The number of fused-ring (bicyclic) bond motifs is 1.